The quantitative estimate of drug-likeness (QED) is 0.571. The molecular formula is C8H4O6. The second kappa shape index (κ2) is 3.44. The zero-order valence-electron chi connectivity index (χ0n) is 6.76. The zero-order valence-corrected chi connectivity index (χ0v) is 6.76. The maximum Gasteiger partial charge on any atom is 0.376 e. The van der Waals surface area contributed by atoms with Crippen molar-refractivity contribution < 1.29 is 29.4 Å². The second-order valence-electron chi connectivity index (χ2n) is 2.46. The Bertz CT molecular complexity index is 352. The molecule has 72 valence electrons. The van der Waals surface area contributed by atoms with Gasteiger partial charge in [-0.05, 0) is 18.2 Å². The Balaban J connectivity index is 2.43. The van der Waals surface area contributed by atoms with Crippen LogP contribution in [0.3, 0.4) is 0 Å². The van der Waals surface area contributed by atoms with Crippen LogP contribution in [0, 0.1) is 0 Å². The molecule has 1 heterocycles. The van der Waals surface area contributed by atoms with Gasteiger partial charge in [0, 0.05) is 10.1 Å². The first kappa shape index (κ1) is 8.67. The molecule has 0 unspecified atom stereocenters. The van der Waals surface area contributed by atoms with Crippen molar-refractivity contribution in [3.63, 3.8) is 0 Å². The van der Waals surface area contributed by atoms with Crippen LogP contribution in [0.25, 0.3) is 0 Å². The van der Waals surface area contributed by atoms with Gasteiger partial charge < -0.3 is 0 Å². The molecule has 0 aliphatic carbocycles. The number of carbonyl (C=O) groups excluding carboxylic acids is 2. The highest BCUT2D eigenvalue weighted by atomic mass is 17.7. The molecule has 0 spiro atoms. The number of hydrogen-bond acceptors (Lipinski definition) is 6. The van der Waals surface area contributed by atoms with Crippen LogP contribution in [-0.2, 0) is 19.9 Å². The molecular weight excluding hydrogens is 192 g/mol. The summed E-state index contributed by atoms with van der Waals surface area (Å²) >= 11 is 0. The van der Waals surface area contributed by atoms with Crippen LogP contribution in [-0.4, -0.2) is 11.9 Å². The molecule has 1 aliphatic rings. The average Bonchev–Trinajstić information content (AvgIpc) is 2.26. The molecule has 6 nitrogen and oxygen atoms in total. The van der Waals surface area contributed by atoms with Gasteiger partial charge in [-0.1, -0.05) is 6.07 Å². The summed E-state index contributed by atoms with van der Waals surface area (Å²) in [5.74, 6) is -1.55. The highest BCUT2D eigenvalue weighted by Crippen LogP contribution is 2.10. The average molecular weight is 196 g/mol. The third kappa shape index (κ3) is 1.56. The van der Waals surface area contributed by atoms with E-state index in [1.807, 2.05) is 0 Å². The highest BCUT2D eigenvalue weighted by molar-refractivity contribution is 5.94. The van der Waals surface area contributed by atoms with Gasteiger partial charge in [0.25, 0.3) is 0 Å². The molecule has 1 aromatic rings. The summed E-state index contributed by atoms with van der Waals surface area (Å²) in [7, 11) is 0. The van der Waals surface area contributed by atoms with Gasteiger partial charge in [0.15, 0.2) is 0 Å². The van der Waals surface area contributed by atoms with Crippen molar-refractivity contribution in [2.45, 2.75) is 0 Å². The highest BCUT2D eigenvalue weighted by Gasteiger charge is 2.17. The summed E-state index contributed by atoms with van der Waals surface area (Å²) in [4.78, 5) is 30.4. The lowest BCUT2D eigenvalue weighted by atomic mass is 10.1. The standard InChI is InChI=1S/C8H4O6/c9-7-5-2-1-3-6(4-5)8(10)12-14-13-11-7/h1-4H. The lowest BCUT2D eigenvalue weighted by molar-refractivity contribution is -0.595. The predicted octanol–water partition coefficient (Wildman–Crippen LogP) is 0.792. The van der Waals surface area contributed by atoms with Crippen molar-refractivity contribution >= 4 is 11.9 Å². The zero-order chi connectivity index (χ0) is 9.97. The van der Waals surface area contributed by atoms with E-state index in [0.29, 0.717) is 0 Å². The molecule has 0 N–H and O–H groups in total. The van der Waals surface area contributed by atoms with Gasteiger partial charge in [-0.15, -0.1) is 0 Å². The number of benzene rings is 1. The first-order valence-corrected chi connectivity index (χ1v) is 3.64. The summed E-state index contributed by atoms with van der Waals surface area (Å²) in [5.41, 5.74) is 0.343. The Hall–Kier alpha value is -1.92. The van der Waals surface area contributed by atoms with E-state index in [-0.39, 0.29) is 11.1 Å². The Morgan fingerprint density at radius 1 is 0.857 bits per heavy atom. The molecule has 0 fully saturated rings. The third-order valence-corrected chi connectivity index (χ3v) is 1.58. The Labute approximate surface area is 77.7 Å². The second-order valence-corrected chi connectivity index (χ2v) is 2.46. The van der Waals surface area contributed by atoms with Gasteiger partial charge in [-0.2, -0.15) is 0 Å². The minimum absolute atomic E-state index is 0.171. The molecule has 0 radical (unpaired) electrons. The van der Waals surface area contributed by atoms with Crippen LogP contribution >= 0.6 is 0 Å². The predicted molar refractivity (Wildman–Crippen MR) is 39.4 cm³/mol. The number of rotatable bonds is 0. The topological polar surface area (TPSA) is 71.1 Å². The van der Waals surface area contributed by atoms with Gasteiger partial charge >= 0.3 is 11.9 Å². The minimum Gasteiger partial charge on any atom is -0.260 e. The molecule has 0 amide bonds. The van der Waals surface area contributed by atoms with E-state index in [1.165, 1.54) is 24.3 Å². The molecule has 0 aromatic heterocycles. The van der Waals surface area contributed by atoms with Crippen molar-refractivity contribution in [2.75, 3.05) is 0 Å². The molecule has 0 atom stereocenters. The van der Waals surface area contributed by atoms with Crippen LogP contribution in [0.15, 0.2) is 24.3 Å². The van der Waals surface area contributed by atoms with E-state index in [0.717, 1.165) is 0 Å². The Morgan fingerprint density at radius 2 is 1.36 bits per heavy atom. The molecule has 0 saturated heterocycles. The van der Waals surface area contributed by atoms with Crippen molar-refractivity contribution in [2.24, 2.45) is 0 Å². The van der Waals surface area contributed by atoms with Crippen LogP contribution in [0.5, 0.6) is 0 Å². The molecule has 0 saturated carbocycles. The van der Waals surface area contributed by atoms with Crippen LogP contribution < -0.4 is 0 Å². The van der Waals surface area contributed by atoms with E-state index in [2.05, 4.69) is 19.9 Å². The Kier molecular flexibility index (Phi) is 2.13. The molecule has 1 aromatic carbocycles. The van der Waals surface area contributed by atoms with Gasteiger partial charge in [0.05, 0.1) is 11.1 Å². The van der Waals surface area contributed by atoms with Crippen LogP contribution in [0.4, 0.5) is 0 Å². The molecule has 2 bridgehead atoms. The molecule has 2 rings (SSSR count). The first-order valence-electron chi connectivity index (χ1n) is 3.64. The fraction of sp³-hybridized carbons (Fsp3) is 0. The first-order chi connectivity index (χ1) is 6.77. The SMILES string of the molecule is O=C1OOOOC(=O)c2cccc1c2. The summed E-state index contributed by atoms with van der Waals surface area (Å²) in [5, 5.41) is 7.70. The van der Waals surface area contributed by atoms with E-state index in [9.17, 15) is 9.59 Å². The van der Waals surface area contributed by atoms with Gasteiger partial charge in [-0.25, -0.2) is 9.59 Å². The molecule has 6 heteroatoms. The summed E-state index contributed by atoms with van der Waals surface area (Å²) in [6.07, 6.45) is 0. The molecule has 14 heavy (non-hydrogen) atoms. The molecule has 1 aliphatic heterocycles. The van der Waals surface area contributed by atoms with E-state index < -0.39 is 11.9 Å². The number of hydrogen-bond donors (Lipinski definition) is 0. The van der Waals surface area contributed by atoms with Crippen molar-refractivity contribution in [1.29, 1.82) is 0 Å². The van der Waals surface area contributed by atoms with E-state index in [1.54, 1.807) is 0 Å². The van der Waals surface area contributed by atoms with Crippen LogP contribution in [0.2, 0.25) is 0 Å². The minimum atomic E-state index is -0.773. The van der Waals surface area contributed by atoms with Crippen molar-refractivity contribution in [1.82, 2.24) is 0 Å². The lowest BCUT2D eigenvalue weighted by Crippen LogP contribution is -2.06. The number of fused-ring (bicyclic) bond motifs is 2. The van der Waals surface area contributed by atoms with Crippen molar-refractivity contribution in [3.8, 4) is 0 Å². The largest absolute Gasteiger partial charge is 0.376 e. The van der Waals surface area contributed by atoms with Crippen molar-refractivity contribution in [3.05, 3.63) is 35.4 Å². The normalized spacial score (nSPS) is 16.0. The Morgan fingerprint density at radius 3 is 1.86 bits per heavy atom. The maximum absolute atomic E-state index is 11.1. The van der Waals surface area contributed by atoms with E-state index in [4.69, 9.17) is 0 Å². The summed E-state index contributed by atoms with van der Waals surface area (Å²) in [6, 6.07) is 5.75. The van der Waals surface area contributed by atoms with Gasteiger partial charge in [-0.3, -0.25) is 9.78 Å². The van der Waals surface area contributed by atoms with Gasteiger partial charge in [0.2, 0.25) is 0 Å². The summed E-state index contributed by atoms with van der Waals surface area (Å²) < 4.78 is 0. The van der Waals surface area contributed by atoms with Gasteiger partial charge in [0.1, 0.15) is 0 Å². The lowest BCUT2D eigenvalue weighted by Gasteiger charge is -1.96. The number of carbonyl (C=O) groups is 2. The monoisotopic (exact) mass is 196 g/mol. The maximum atomic E-state index is 11.1. The third-order valence-electron chi connectivity index (χ3n) is 1.58. The van der Waals surface area contributed by atoms with Crippen LogP contribution in [0.1, 0.15) is 20.7 Å². The fourth-order valence-electron chi connectivity index (χ4n) is 0.959. The smallest absolute Gasteiger partial charge is 0.260 e. The summed E-state index contributed by atoms with van der Waals surface area (Å²) in [6.45, 7) is 0. The van der Waals surface area contributed by atoms with E-state index >= 15 is 0 Å². The fourth-order valence-corrected chi connectivity index (χ4v) is 0.959.